The Morgan fingerprint density at radius 2 is 2.24 bits per heavy atom. The Kier molecular flexibility index (Phi) is 2.43. The number of hydrogen-bond donors (Lipinski definition) is 0. The summed E-state index contributed by atoms with van der Waals surface area (Å²) in [7, 11) is 0. The molecule has 21 heavy (non-hydrogen) atoms. The Bertz CT molecular complexity index is 646. The number of nitrogens with zero attached hydrogens (tertiary/aromatic N) is 1. The molecule has 1 aromatic rings. The van der Waals surface area contributed by atoms with Crippen molar-refractivity contribution >= 4 is 0 Å². The lowest BCUT2D eigenvalue weighted by molar-refractivity contribution is 0.00263. The van der Waals surface area contributed by atoms with Crippen LogP contribution in [0.25, 0.3) is 0 Å². The van der Waals surface area contributed by atoms with Crippen molar-refractivity contribution in [2.45, 2.75) is 56.4 Å². The minimum absolute atomic E-state index is 0.0106. The predicted molar refractivity (Wildman–Crippen MR) is 79.8 cm³/mol. The average Bonchev–Trinajstić information content (AvgIpc) is 2.53. The van der Waals surface area contributed by atoms with Gasteiger partial charge < -0.3 is 4.90 Å². The lowest BCUT2D eigenvalue weighted by atomic mass is 9.52. The molecule has 4 rings (SSSR count). The first-order chi connectivity index (χ1) is 11.3. The molecule has 1 aromatic carbocycles. The Balaban J connectivity index is 1.83. The van der Waals surface area contributed by atoms with Gasteiger partial charge in [0.05, 0.1) is 0 Å². The first-order valence-electron chi connectivity index (χ1n) is 9.51. The fraction of sp³-hybridized carbons (Fsp3) is 0.667. The molecule has 0 spiro atoms. The van der Waals surface area contributed by atoms with Crippen LogP contribution >= 0.6 is 0 Å². The third kappa shape index (κ3) is 1.89. The standard InChI is InChI=1S/C18H23F2N/c1-21-9-8-18-7-3-2-4-14(18)16(21)11-12-5-6-13(17(19)20)10-15(12)18/h5-6,10,14,16-17H,2-4,7-9,11H2,1H3/t14-,16+,18+/m1/s1/i1D3. The Morgan fingerprint density at radius 1 is 1.33 bits per heavy atom. The van der Waals surface area contributed by atoms with Crippen LogP contribution in [0, 0.1) is 5.92 Å². The minimum atomic E-state index is -2.45. The normalized spacial score (nSPS) is 38.1. The van der Waals surface area contributed by atoms with Crippen molar-refractivity contribution in [3.63, 3.8) is 0 Å². The van der Waals surface area contributed by atoms with Crippen LogP contribution in [0.5, 0.6) is 0 Å². The molecule has 2 bridgehead atoms. The number of benzene rings is 1. The highest BCUT2D eigenvalue weighted by Crippen LogP contribution is 2.55. The number of likely N-dealkylation sites (tertiary alicyclic amines) is 1. The summed E-state index contributed by atoms with van der Waals surface area (Å²) in [5, 5.41) is 0. The maximum absolute atomic E-state index is 13.2. The molecule has 3 heteroatoms. The molecular formula is C18H23F2N. The van der Waals surface area contributed by atoms with Crippen LogP contribution in [0.4, 0.5) is 8.78 Å². The van der Waals surface area contributed by atoms with Gasteiger partial charge in [0.1, 0.15) is 0 Å². The van der Waals surface area contributed by atoms with Gasteiger partial charge in [-0.15, -0.1) is 0 Å². The smallest absolute Gasteiger partial charge is 0.263 e. The van der Waals surface area contributed by atoms with Crippen molar-refractivity contribution < 1.29 is 12.9 Å². The Morgan fingerprint density at radius 3 is 3.05 bits per heavy atom. The number of halogens is 2. The van der Waals surface area contributed by atoms with Crippen molar-refractivity contribution in [3.8, 4) is 0 Å². The molecule has 1 saturated carbocycles. The molecule has 0 radical (unpaired) electrons. The first kappa shape index (κ1) is 10.7. The Hall–Kier alpha value is -0.960. The molecule has 0 unspecified atom stereocenters. The number of piperidine rings is 1. The minimum Gasteiger partial charge on any atom is -0.303 e. The second-order valence-electron chi connectivity index (χ2n) is 6.94. The molecule has 2 fully saturated rings. The Labute approximate surface area is 129 Å². The fourth-order valence-electron chi connectivity index (χ4n) is 5.16. The summed E-state index contributed by atoms with van der Waals surface area (Å²) in [6.45, 7) is -1.54. The van der Waals surface area contributed by atoms with E-state index in [1.54, 1.807) is 11.0 Å². The molecule has 0 aromatic heterocycles. The molecule has 0 amide bonds. The fourth-order valence-corrected chi connectivity index (χ4v) is 5.16. The van der Waals surface area contributed by atoms with Crippen LogP contribution in [0.2, 0.25) is 0 Å². The highest BCUT2D eigenvalue weighted by Gasteiger charge is 2.53. The molecular weight excluding hydrogens is 268 g/mol. The van der Waals surface area contributed by atoms with Gasteiger partial charge in [-0.2, -0.15) is 0 Å². The SMILES string of the molecule is [2H]C([2H])([2H])N1CC[C@@]23CCCC[C@@H]2[C@@H]1Cc1ccc(C(F)F)cc13. The monoisotopic (exact) mass is 294 g/mol. The van der Waals surface area contributed by atoms with Crippen LogP contribution in [0.1, 0.15) is 59.3 Å². The highest BCUT2D eigenvalue weighted by atomic mass is 19.3. The van der Waals surface area contributed by atoms with E-state index in [0.717, 1.165) is 43.2 Å². The number of alkyl halides is 2. The van der Waals surface area contributed by atoms with Gasteiger partial charge in [0.25, 0.3) is 6.43 Å². The van der Waals surface area contributed by atoms with Crippen LogP contribution < -0.4 is 0 Å². The van der Waals surface area contributed by atoms with E-state index >= 15 is 0 Å². The largest absolute Gasteiger partial charge is 0.303 e. The van der Waals surface area contributed by atoms with Gasteiger partial charge in [-0.3, -0.25) is 0 Å². The van der Waals surface area contributed by atoms with Crippen molar-refractivity contribution in [2.75, 3.05) is 13.5 Å². The molecule has 3 atom stereocenters. The second kappa shape index (κ2) is 4.77. The van der Waals surface area contributed by atoms with Gasteiger partial charge in [0, 0.05) is 21.1 Å². The number of likely N-dealkylation sites (N-methyl/N-ethyl adjacent to an activating group) is 1. The van der Waals surface area contributed by atoms with E-state index < -0.39 is 13.4 Å². The average molecular weight is 294 g/mol. The van der Waals surface area contributed by atoms with Crippen LogP contribution in [0.15, 0.2) is 18.2 Å². The van der Waals surface area contributed by atoms with Gasteiger partial charge in [0.15, 0.2) is 0 Å². The van der Waals surface area contributed by atoms with E-state index in [0.29, 0.717) is 13.0 Å². The van der Waals surface area contributed by atoms with Crippen LogP contribution in [0.3, 0.4) is 0 Å². The van der Waals surface area contributed by atoms with E-state index in [1.165, 1.54) is 6.07 Å². The van der Waals surface area contributed by atoms with Gasteiger partial charge in [-0.1, -0.05) is 25.0 Å². The molecule has 0 N–H and O–H groups in total. The lowest BCUT2D eigenvalue weighted by Crippen LogP contribution is -2.59. The zero-order valence-corrected chi connectivity index (χ0v) is 12.1. The molecule has 1 nitrogen and oxygen atoms in total. The summed E-state index contributed by atoms with van der Waals surface area (Å²) in [5.41, 5.74) is 2.18. The summed E-state index contributed by atoms with van der Waals surface area (Å²) in [4.78, 5) is 1.70. The third-order valence-corrected chi connectivity index (χ3v) is 6.11. The van der Waals surface area contributed by atoms with E-state index in [4.69, 9.17) is 4.11 Å². The summed E-state index contributed by atoms with van der Waals surface area (Å²) in [5.74, 6) is 0.279. The van der Waals surface area contributed by atoms with E-state index in [9.17, 15) is 8.78 Å². The van der Waals surface area contributed by atoms with Crippen LogP contribution in [-0.4, -0.2) is 24.5 Å². The van der Waals surface area contributed by atoms with Gasteiger partial charge >= 0.3 is 0 Å². The maximum Gasteiger partial charge on any atom is 0.263 e. The van der Waals surface area contributed by atoms with E-state index in [2.05, 4.69) is 0 Å². The zero-order chi connectivity index (χ0) is 17.1. The third-order valence-electron chi connectivity index (χ3n) is 6.11. The maximum atomic E-state index is 13.2. The topological polar surface area (TPSA) is 3.24 Å². The number of fused-ring (bicyclic) bond motifs is 1. The second-order valence-corrected chi connectivity index (χ2v) is 6.94. The van der Waals surface area contributed by atoms with Crippen molar-refractivity contribution in [2.24, 2.45) is 5.92 Å². The van der Waals surface area contributed by atoms with Crippen molar-refractivity contribution in [1.82, 2.24) is 4.90 Å². The molecule has 1 saturated heterocycles. The van der Waals surface area contributed by atoms with Crippen LogP contribution in [-0.2, 0) is 11.8 Å². The zero-order valence-electron chi connectivity index (χ0n) is 15.1. The summed E-state index contributed by atoms with van der Waals surface area (Å²) in [6.07, 6.45) is 3.22. The van der Waals surface area contributed by atoms with Crippen molar-refractivity contribution in [3.05, 3.63) is 34.9 Å². The molecule has 2 aliphatic carbocycles. The summed E-state index contributed by atoms with van der Waals surface area (Å²) >= 11 is 0. The summed E-state index contributed by atoms with van der Waals surface area (Å²) < 4.78 is 50.1. The van der Waals surface area contributed by atoms with E-state index in [1.807, 2.05) is 6.07 Å². The van der Waals surface area contributed by atoms with Gasteiger partial charge in [-0.25, -0.2) is 8.78 Å². The number of rotatable bonds is 1. The first-order valence-corrected chi connectivity index (χ1v) is 8.01. The van der Waals surface area contributed by atoms with Gasteiger partial charge in [-0.05, 0) is 62.3 Å². The number of hydrogen-bond acceptors (Lipinski definition) is 1. The highest BCUT2D eigenvalue weighted by molar-refractivity contribution is 5.44. The molecule has 1 heterocycles. The van der Waals surface area contributed by atoms with Crippen molar-refractivity contribution in [1.29, 1.82) is 0 Å². The quantitative estimate of drug-likeness (QED) is 0.746. The molecule has 1 aliphatic heterocycles. The molecule has 3 aliphatic rings. The predicted octanol–water partition coefficient (Wildman–Crippen LogP) is 4.31. The molecule has 114 valence electrons. The van der Waals surface area contributed by atoms with E-state index in [-0.39, 0.29) is 22.9 Å². The lowest BCUT2D eigenvalue weighted by Gasteiger charge is -2.58. The van der Waals surface area contributed by atoms with Gasteiger partial charge in [0.2, 0.25) is 0 Å². The summed E-state index contributed by atoms with van der Waals surface area (Å²) in [6, 6.07) is 5.06.